The molecule has 0 bridgehead atoms. The summed E-state index contributed by atoms with van der Waals surface area (Å²) in [7, 11) is 6.30. The minimum absolute atomic E-state index is 0.0856. The van der Waals surface area contributed by atoms with Crippen molar-refractivity contribution in [3.05, 3.63) is 23.8 Å². The van der Waals surface area contributed by atoms with Crippen molar-refractivity contribution >= 4 is 5.91 Å². The van der Waals surface area contributed by atoms with Gasteiger partial charge in [0.2, 0.25) is 6.79 Å². The van der Waals surface area contributed by atoms with Gasteiger partial charge in [-0.1, -0.05) is 0 Å². The highest BCUT2D eigenvalue weighted by atomic mass is 16.7. The topological polar surface area (TPSA) is 42.0 Å². The molecule has 5 heteroatoms. The number of hydrogen-bond donors (Lipinski definition) is 0. The Bertz CT molecular complexity index is 631. The Hall–Kier alpha value is -1.75. The van der Waals surface area contributed by atoms with Crippen molar-refractivity contribution in [1.82, 2.24) is 9.80 Å². The molecular formula is C19H26N2O3. The van der Waals surface area contributed by atoms with Crippen LogP contribution in [0.3, 0.4) is 0 Å². The SMILES string of the molecule is CN(C)C1C[C@@H]2CC(N(C)C(=O)c3ccc4c(c3)OCO4)C[C@@H]2C1. The molecule has 0 aromatic heterocycles. The van der Waals surface area contributed by atoms with E-state index < -0.39 is 0 Å². The third-order valence-corrected chi connectivity index (χ3v) is 6.18. The largest absolute Gasteiger partial charge is 0.454 e. The maximum absolute atomic E-state index is 12.8. The summed E-state index contributed by atoms with van der Waals surface area (Å²) in [5.74, 6) is 3.02. The molecule has 1 aromatic carbocycles. The molecule has 0 N–H and O–H groups in total. The zero-order valence-corrected chi connectivity index (χ0v) is 14.7. The van der Waals surface area contributed by atoms with Gasteiger partial charge in [0.15, 0.2) is 11.5 Å². The van der Waals surface area contributed by atoms with Gasteiger partial charge >= 0.3 is 0 Å². The lowest BCUT2D eigenvalue weighted by Crippen LogP contribution is -2.36. The number of ether oxygens (including phenoxy) is 2. The van der Waals surface area contributed by atoms with E-state index >= 15 is 0 Å². The summed E-state index contributed by atoms with van der Waals surface area (Å²) >= 11 is 0. The number of rotatable bonds is 3. The Morgan fingerprint density at radius 2 is 1.58 bits per heavy atom. The highest BCUT2D eigenvalue weighted by molar-refractivity contribution is 5.95. The van der Waals surface area contributed by atoms with Gasteiger partial charge in [-0.25, -0.2) is 0 Å². The predicted molar refractivity (Wildman–Crippen MR) is 91.4 cm³/mol. The lowest BCUT2D eigenvalue weighted by atomic mass is 10.0. The average molecular weight is 330 g/mol. The van der Waals surface area contributed by atoms with Crippen LogP contribution in [0.5, 0.6) is 11.5 Å². The van der Waals surface area contributed by atoms with Crippen LogP contribution >= 0.6 is 0 Å². The third-order valence-electron chi connectivity index (χ3n) is 6.18. The molecule has 4 atom stereocenters. The van der Waals surface area contributed by atoms with Crippen LogP contribution in [0.1, 0.15) is 36.0 Å². The van der Waals surface area contributed by atoms with E-state index in [1.165, 1.54) is 12.8 Å². The molecule has 1 aliphatic heterocycles. The zero-order valence-electron chi connectivity index (χ0n) is 14.7. The van der Waals surface area contributed by atoms with Crippen molar-refractivity contribution in [1.29, 1.82) is 0 Å². The Labute approximate surface area is 143 Å². The van der Waals surface area contributed by atoms with Gasteiger partial charge in [0.1, 0.15) is 0 Å². The number of hydrogen-bond acceptors (Lipinski definition) is 4. The summed E-state index contributed by atoms with van der Waals surface area (Å²) in [5, 5.41) is 0. The number of amides is 1. The monoisotopic (exact) mass is 330 g/mol. The molecule has 130 valence electrons. The predicted octanol–water partition coefficient (Wildman–Crippen LogP) is 2.61. The first-order chi connectivity index (χ1) is 11.5. The number of carbonyl (C=O) groups excluding carboxylic acids is 1. The van der Waals surface area contributed by atoms with Crippen LogP contribution in [0, 0.1) is 11.8 Å². The van der Waals surface area contributed by atoms with Crippen LogP contribution in [-0.4, -0.2) is 55.7 Å². The van der Waals surface area contributed by atoms with Crippen molar-refractivity contribution in [2.45, 2.75) is 37.8 Å². The van der Waals surface area contributed by atoms with Crippen LogP contribution in [0.4, 0.5) is 0 Å². The quantitative estimate of drug-likeness (QED) is 0.854. The van der Waals surface area contributed by atoms with E-state index in [4.69, 9.17) is 9.47 Å². The van der Waals surface area contributed by atoms with Gasteiger partial charge in [-0.3, -0.25) is 4.79 Å². The van der Waals surface area contributed by atoms with E-state index in [-0.39, 0.29) is 12.7 Å². The Morgan fingerprint density at radius 1 is 0.958 bits per heavy atom. The summed E-state index contributed by atoms with van der Waals surface area (Å²) in [4.78, 5) is 17.1. The molecule has 5 nitrogen and oxygen atoms in total. The summed E-state index contributed by atoms with van der Waals surface area (Å²) in [6, 6.07) is 6.55. The van der Waals surface area contributed by atoms with Crippen LogP contribution < -0.4 is 9.47 Å². The normalized spacial score (nSPS) is 30.7. The van der Waals surface area contributed by atoms with Crippen molar-refractivity contribution < 1.29 is 14.3 Å². The van der Waals surface area contributed by atoms with Gasteiger partial charge in [0.25, 0.3) is 5.91 Å². The second-order valence-electron chi connectivity index (χ2n) is 7.72. The molecule has 24 heavy (non-hydrogen) atoms. The molecule has 2 aliphatic carbocycles. The fraction of sp³-hybridized carbons (Fsp3) is 0.632. The van der Waals surface area contributed by atoms with Gasteiger partial charge in [0.05, 0.1) is 0 Å². The number of carbonyl (C=O) groups is 1. The van der Waals surface area contributed by atoms with Crippen molar-refractivity contribution in [2.75, 3.05) is 27.9 Å². The van der Waals surface area contributed by atoms with E-state index in [1.807, 2.05) is 24.1 Å². The summed E-state index contributed by atoms with van der Waals surface area (Å²) in [5.41, 5.74) is 0.685. The van der Waals surface area contributed by atoms with Crippen LogP contribution in [0.25, 0.3) is 0 Å². The fourth-order valence-electron chi connectivity index (χ4n) is 4.69. The number of fused-ring (bicyclic) bond motifs is 2. The molecule has 4 rings (SSSR count). The minimum atomic E-state index is 0.0856. The molecule has 2 saturated carbocycles. The first kappa shape index (κ1) is 15.8. The smallest absolute Gasteiger partial charge is 0.253 e. The molecule has 2 unspecified atom stereocenters. The lowest BCUT2D eigenvalue weighted by Gasteiger charge is -2.27. The van der Waals surface area contributed by atoms with Gasteiger partial charge in [-0.15, -0.1) is 0 Å². The van der Waals surface area contributed by atoms with Gasteiger partial charge < -0.3 is 19.3 Å². The maximum atomic E-state index is 12.8. The van der Waals surface area contributed by atoms with Crippen molar-refractivity contribution in [3.8, 4) is 11.5 Å². The number of nitrogens with zero attached hydrogens (tertiary/aromatic N) is 2. The molecule has 0 spiro atoms. The first-order valence-electron chi connectivity index (χ1n) is 8.86. The standard InChI is InChI=1S/C19H26N2O3/c1-20(2)15-6-13-8-16(9-14(13)7-15)21(3)19(22)12-4-5-17-18(10-12)24-11-23-17/h4-5,10,13-16H,6-9,11H2,1-3H3/t13-,14+,15?,16?. The maximum Gasteiger partial charge on any atom is 0.253 e. The molecular weight excluding hydrogens is 304 g/mol. The fourth-order valence-corrected chi connectivity index (χ4v) is 4.69. The zero-order chi connectivity index (χ0) is 16.8. The van der Waals surface area contributed by atoms with Crippen LogP contribution in [-0.2, 0) is 0 Å². The Morgan fingerprint density at radius 3 is 2.25 bits per heavy atom. The minimum Gasteiger partial charge on any atom is -0.454 e. The first-order valence-corrected chi connectivity index (χ1v) is 8.86. The lowest BCUT2D eigenvalue weighted by molar-refractivity contribution is 0.0726. The highest BCUT2D eigenvalue weighted by Gasteiger charge is 2.44. The molecule has 1 amide bonds. The highest BCUT2D eigenvalue weighted by Crippen LogP contribution is 2.46. The third kappa shape index (κ3) is 2.65. The summed E-state index contributed by atoms with van der Waals surface area (Å²) < 4.78 is 10.7. The second kappa shape index (κ2) is 5.96. The van der Waals surface area contributed by atoms with Gasteiger partial charge in [-0.05, 0) is 69.8 Å². The van der Waals surface area contributed by atoms with E-state index in [1.54, 1.807) is 6.07 Å². The summed E-state index contributed by atoms with van der Waals surface area (Å²) in [6.45, 7) is 0.238. The van der Waals surface area contributed by atoms with E-state index in [2.05, 4.69) is 19.0 Å². The summed E-state index contributed by atoms with van der Waals surface area (Å²) in [6.07, 6.45) is 4.84. The van der Waals surface area contributed by atoms with E-state index in [9.17, 15) is 4.79 Å². The molecule has 3 aliphatic rings. The van der Waals surface area contributed by atoms with E-state index in [0.29, 0.717) is 17.4 Å². The van der Waals surface area contributed by atoms with E-state index in [0.717, 1.165) is 36.5 Å². The molecule has 2 fully saturated rings. The second-order valence-corrected chi connectivity index (χ2v) is 7.72. The number of benzene rings is 1. The average Bonchev–Trinajstić information content (AvgIpc) is 3.25. The molecule has 0 saturated heterocycles. The molecule has 0 radical (unpaired) electrons. The van der Waals surface area contributed by atoms with Gasteiger partial charge in [0, 0.05) is 24.7 Å². The molecule has 1 heterocycles. The van der Waals surface area contributed by atoms with Crippen LogP contribution in [0.15, 0.2) is 18.2 Å². The van der Waals surface area contributed by atoms with Crippen molar-refractivity contribution in [3.63, 3.8) is 0 Å². The Kier molecular flexibility index (Phi) is 3.91. The Balaban J connectivity index is 1.42. The molecule has 1 aromatic rings. The van der Waals surface area contributed by atoms with Gasteiger partial charge in [-0.2, -0.15) is 0 Å². The van der Waals surface area contributed by atoms with Crippen LogP contribution in [0.2, 0.25) is 0 Å². The van der Waals surface area contributed by atoms with Crippen molar-refractivity contribution in [2.24, 2.45) is 11.8 Å².